The maximum atomic E-state index is 5.10. The molecule has 0 bridgehead atoms. The number of aryl methyl sites for hydroxylation is 2. The van der Waals surface area contributed by atoms with E-state index in [0.29, 0.717) is 6.04 Å². The van der Waals surface area contributed by atoms with E-state index in [9.17, 15) is 0 Å². The smallest absolute Gasteiger partial charge is 0.0470 e. The third kappa shape index (κ3) is 6.29. The van der Waals surface area contributed by atoms with Crippen LogP contribution in [0.5, 0.6) is 0 Å². The summed E-state index contributed by atoms with van der Waals surface area (Å²) in [5.74, 6) is 2.30. The second kappa shape index (κ2) is 10.3. The lowest BCUT2D eigenvalue weighted by Gasteiger charge is -2.20. The molecule has 0 saturated heterocycles. The number of rotatable bonds is 10. The van der Waals surface area contributed by atoms with Crippen LogP contribution >= 0.6 is 11.8 Å². The maximum absolute atomic E-state index is 5.10. The van der Waals surface area contributed by atoms with Gasteiger partial charge in [-0.1, -0.05) is 25.1 Å². The molecular formula is C17H29NOS. The van der Waals surface area contributed by atoms with Crippen molar-refractivity contribution >= 4 is 11.8 Å². The fourth-order valence-corrected chi connectivity index (χ4v) is 3.11. The van der Waals surface area contributed by atoms with Gasteiger partial charge in [0.2, 0.25) is 0 Å². The summed E-state index contributed by atoms with van der Waals surface area (Å²) in [5.41, 5.74) is 4.17. The molecule has 0 saturated carbocycles. The normalized spacial score (nSPS) is 12.6. The van der Waals surface area contributed by atoms with Crippen LogP contribution in [0, 0.1) is 13.8 Å². The highest BCUT2D eigenvalue weighted by Gasteiger charge is 2.11. The van der Waals surface area contributed by atoms with E-state index >= 15 is 0 Å². The molecule has 3 heteroatoms. The van der Waals surface area contributed by atoms with Gasteiger partial charge < -0.3 is 10.1 Å². The lowest BCUT2D eigenvalue weighted by Crippen LogP contribution is -2.24. The predicted molar refractivity (Wildman–Crippen MR) is 90.8 cm³/mol. The monoisotopic (exact) mass is 295 g/mol. The molecular weight excluding hydrogens is 266 g/mol. The van der Waals surface area contributed by atoms with Gasteiger partial charge in [-0.2, -0.15) is 11.8 Å². The van der Waals surface area contributed by atoms with Gasteiger partial charge in [0.15, 0.2) is 0 Å². The second-order valence-corrected chi connectivity index (χ2v) is 6.42. The van der Waals surface area contributed by atoms with E-state index in [1.807, 2.05) is 11.8 Å². The predicted octanol–water partition coefficient (Wildman–Crippen LogP) is 4.11. The molecule has 0 aliphatic rings. The number of hydrogen-bond donors (Lipinski definition) is 1. The molecule has 1 unspecified atom stereocenters. The maximum Gasteiger partial charge on any atom is 0.0470 e. The van der Waals surface area contributed by atoms with Gasteiger partial charge in [-0.15, -0.1) is 0 Å². The van der Waals surface area contributed by atoms with E-state index in [4.69, 9.17) is 4.74 Å². The first-order valence-electron chi connectivity index (χ1n) is 7.56. The molecule has 114 valence electrons. The fourth-order valence-electron chi connectivity index (χ4n) is 2.08. The number of thioether (sulfide) groups is 1. The Morgan fingerprint density at radius 2 is 2.05 bits per heavy atom. The standard InChI is InChI=1S/C17H29NOS/c1-5-9-18-17(13-20-11-6-10-19-4)16-8-7-14(2)15(3)12-16/h7-8,12,17-18H,5-6,9-11,13H2,1-4H3. The molecule has 1 aromatic carbocycles. The Hall–Kier alpha value is -0.510. The molecule has 0 aromatic heterocycles. The first-order valence-corrected chi connectivity index (χ1v) is 8.71. The number of nitrogens with one attached hydrogen (secondary N) is 1. The highest BCUT2D eigenvalue weighted by molar-refractivity contribution is 7.99. The minimum absolute atomic E-state index is 0.460. The van der Waals surface area contributed by atoms with Crippen LogP contribution in [-0.2, 0) is 4.74 Å². The minimum Gasteiger partial charge on any atom is -0.385 e. The van der Waals surface area contributed by atoms with Crippen molar-refractivity contribution in [1.82, 2.24) is 5.32 Å². The summed E-state index contributed by atoms with van der Waals surface area (Å²) in [6.45, 7) is 8.53. The topological polar surface area (TPSA) is 21.3 Å². The summed E-state index contributed by atoms with van der Waals surface area (Å²) in [6, 6.07) is 7.30. The highest BCUT2D eigenvalue weighted by atomic mass is 32.2. The SMILES string of the molecule is CCCNC(CSCCCOC)c1ccc(C)c(C)c1. The Labute approximate surface area is 128 Å². The third-order valence-electron chi connectivity index (χ3n) is 3.50. The summed E-state index contributed by atoms with van der Waals surface area (Å²) >= 11 is 2.01. The molecule has 0 aliphatic carbocycles. The van der Waals surface area contributed by atoms with Gasteiger partial charge >= 0.3 is 0 Å². The minimum atomic E-state index is 0.460. The van der Waals surface area contributed by atoms with Crippen molar-refractivity contribution in [3.63, 3.8) is 0 Å². The number of benzene rings is 1. The fraction of sp³-hybridized carbons (Fsp3) is 0.647. The van der Waals surface area contributed by atoms with Crippen molar-refractivity contribution in [2.45, 2.75) is 39.7 Å². The van der Waals surface area contributed by atoms with Gasteiger partial charge in [0.05, 0.1) is 0 Å². The van der Waals surface area contributed by atoms with Crippen LogP contribution in [0.3, 0.4) is 0 Å². The Bertz CT molecular complexity index is 381. The van der Waals surface area contributed by atoms with Gasteiger partial charge in [0, 0.05) is 25.5 Å². The molecule has 0 spiro atoms. The van der Waals surface area contributed by atoms with Crippen molar-refractivity contribution in [2.75, 3.05) is 31.8 Å². The third-order valence-corrected chi connectivity index (χ3v) is 4.64. The van der Waals surface area contributed by atoms with Crippen LogP contribution in [0.25, 0.3) is 0 Å². The Morgan fingerprint density at radius 1 is 1.25 bits per heavy atom. The molecule has 0 radical (unpaired) electrons. The lowest BCUT2D eigenvalue weighted by molar-refractivity contribution is 0.200. The van der Waals surface area contributed by atoms with E-state index in [0.717, 1.165) is 25.3 Å². The van der Waals surface area contributed by atoms with Crippen molar-refractivity contribution in [2.24, 2.45) is 0 Å². The van der Waals surface area contributed by atoms with Crippen LogP contribution in [0.15, 0.2) is 18.2 Å². The summed E-state index contributed by atoms with van der Waals surface area (Å²) in [6.07, 6.45) is 2.31. The number of ether oxygens (including phenoxy) is 1. The quantitative estimate of drug-likeness (QED) is 0.656. The zero-order valence-corrected chi connectivity index (χ0v) is 14.2. The van der Waals surface area contributed by atoms with Gasteiger partial charge in [0.1, 0.15) is 0 Å². The van der Waals surface area contributed by atoms with Gasteiger partial charge in [-0.25, -0.2) is 0 Å². The molecule has 2 nitrogen and oxygen atoms in total. The largest absolute Gasteiger partial charge is 0.385 e. The summed E-state index contributed by atoms with van der Waals surface area (Å²) in [5, 5.41) is 3.67. The van der Waals surface area contributed by atoms with Crippen LogP contribution in [0.1, 0.15) is 42.5 Å². The molecule has 0 amide bonds. The molecule has 0 aliphatic heterocycles. The van der Waals surface area contributed by atoms with E-state index in [1.54, 1.807) is 7.11 Å². The molecule has 20 heavy (non-hydrogen) atoms. The molecule has 0 heterocycles. The second-order valence-electron chi connectivity index (χ2n) is 5.27. The van der Waals surface area contributed by atoms with E-state index in [-0.39, 0.29) is 0 Å². The van der Waals surface area contributed by atoms with E-state index in [2.05, 4.69) is 44.3 Å². The van der Waals surface area contributed by atoms with E-state index in [1.165, 1.54) is 28.9 Å². The summed E-state index contributed by atoms with van der Waals surface area (Å²) < 4.78 is 5.10. The number of hydrogen-bond acceptors (Lipinski definition) is 3. The Kier molecular flexibility index (Phi) is 8.99. The van der Waals surface area contributed by atoms with Crippen molar-refractivity contribution in [3.8, 4) is 0 Å². The molecule has 1 N–H and O–H groups in total. The molecule has 1 rings (SSSR count). The van der Waals surface area contributed by atoms with Crippen LogP contribution in [0.2, 0.25) is 0 Å². The van der Waals surface area contributed by atoms with Gasteiger partial charge in [-0.05, 0) is 55.7 Å². The summed E-state index contributed by atoms with van der Waals surface area (Å²) in [4.78, 5) is 0. The highest BCUT2D eigenvalue weighted by Crippen LogP contribution is 2.21. The first-order chi connectivity index (χ1) is 9.69. The van der Waals surface area contributed by atoms with Gasteiger partial charge in [0.25, 0.3) is 0 Å². The van der Waals surface area contributed by atoms with Crippen LogP contribution < -0.4 is 5.32 Å². The van der Waals surface area contributed by atoms with Gasteiger partial charge in [-0.3, -0.25) is 0 Å². The average Bonchev–Trinajstić information content (AvgIpc) is 2.45. The van der Waals surface area contributed by atoms with Crippen LogP contribution in [-0.4, -0.2) is 31.8 Å². The van der Waals surface area contributed by atoms with Crippen LogP contribution in [0.4, 0.5) is 0 Å². The summed E-state index contributed by atoms with van der Waals surface area (Å²) in [7, 11) is 1.77. The van der Waals surface area contributed by atoms with Crippen molar-refractivity contribution in [3.05, 3.63) is 34.9 Å². The lowest BCUT2D eigenvalue weighted by atomic mass is 10.0. The van der Waals surface area contributed by atoms with Crippen molar-refractivity contribution in [1.29, 1.82) is 0 Å². The Balaban J connectivity index is 2.55. The zero-order valence-electron chi connectivity index (χ0n) is 13.4. The number of methoxy groups -OCH3 is 1. The first kappa shape index (κ1) is 17.5. The zero-order chi connectivity index (χ0) is 14.8. The molecule has 1 aromatic rings. The van der Waals surface area contributed by atoms with E-state index < -0.39 is 0 Å². The van der Waals surface area contributed by atoms with Crippen molar-refractivity contribution < 1.29 is 4.74 Å². The average molecular weight is 295 g/mol. The Morgan fingerprint density at radius 3 is 2.70 bits per heavy atom. The molecule has 1 atom stereocenters. The molecule has 0 fully saturated rings.